The Kier molecular flexibility index (Phi) is 3.22. The van der Waals surface area contributed by atoms with Crippen LogP contribution in [0.3, 0.4) is 0 Å². The predicted molar refractivity (Wildman–Crippen MR) is 61.0 cm³/mol. The SMILES string of the molecule is O=C1CC[C@@H](C(=O)Nc2ncccc2C(=O)O)N1. The van der Waals surface area contributed by atoms with Crippen LogP contribution in [0.1, 0.15) is 23.2 Å². The molecule has 0 bridgehead atoms. The first-order chi connectivity index (χ1) is 8.58. The Morgan fingerprint density at radius 1 is 1.50 bits per heavy atom. The molecule has 0 unspecified atom stereocenters. The molecule has 2 rings (SSSR count). The molecule has 1 aliphatic rings. The molecule has 0 saturated carbocycles. The fourth-order valence-electron chi connectivity index (χ4n) is 1.69. The molecule has 7 heteroatoms. The van der Waals surface area contributed by atoms with Crippen molar-refractivity contribution in [1.29, 1.82) is 0 Å². The second kappa shape index (κ2) is 4.82. The number of hydrogen-bond acceptors (Lipinski definition) is 4. The Labute approximate surface area is 102 Å². The van der Waals surface area contributed by atoms with Crippen LogP contribution >= 0.6 is 0 Å². The summed E-state index contributed by atoms with van der Waals surface area (Å²) < 4.78 is 0. The standard InChI is InChI=1S/C11H11N3O4/c15-8-4-3-7(13-8)10(16)14-9-6(11(17)18)2-1-5-12-9/h1-2,5,7H,3-4H2,(H,13,15)(H,17,18)(H,12,14,16)/t7-/m0/s1. The highest BCUT2D eigenvalue weighted by molar-refractivity contribution is 6.02. The van der Waals surface area contributed by atoms with Gasteiger partial charge in [-0.2, -0.15) is 0 Å². The monoisotopic (exact) mass is 249 g/mol. The molecular weight excluding hydrogens is 238 g/mol. The van der Waals surface area contributed by atoms with Crippen LogP contribution < -0.4 is 10.6 Å². The first kappa shape index (κ1) is 12.0. The smallest absolute Gasteiger partial charge is 0.339 e. The van der Waals surface area contributed by atoms with Gasteiger partial charge in [0.05, 0.1) is 0 Å². The maximum absolute atomic E-state index is 11.8. The second-order valence-electron chi connectivity index (χ2n) is 3.85. The molecule has 1 aliphatic heterocycles. The van der Waals surface area contributed by atoms with Crippen molar-refractivity contribution in [2.24, 2.45) is 0 Å². The van der Waals surface area contributed by atoms with Crippen LogP contribution in [0.4, 0.5) is 5.82 Å². The highest BCUT2D eigenvalue weighted by Gasteiger charge is 2.28. The molecule has 1 aromatic rings. The van der Waals surface area contributed by atoms with Crippen molar-refractivity contribution in [3.63, 3.8) is 0 Å². The Morgan fingerprint density at radius 2 is 2.28 bits per heavy atom. The number of carbonyl (C=O) groups excluding carboxylic acids is 2. The number of amides is 2. The Morgan fingerprint density at radius 3 is 2.89 bits per heavy atom. The number of carboxylic acid groups (broad SMARTS) is 1. The van der Waals surface area contributed by atoms with Crippen LogP contribution in [0.5, 0.6) is 0 Å². The van der Waals surface area contributed by atoms with Crippen LogP contribution in [0.25, 0.3) is 0 Å². The van der Waals surface area contributed by atoms with Crippen LogP contribution in [0, 0.1) is 0 Å². The normalized spacial score (nSPS) is 18.2. The molecule has 1 fully saturated rings. The lowest BCUT2D eigenvalue weighted by molar-refractivity contribution is -0.122. The summed E-state index contributed by atoms with van der Waals surface area (Å²) in [4.78, 5) is 37.5. The summed E-state index contributed by atoms with van der Waals surface area (Å²) in [5.74, 6) is -1.83. The minimum absolute atomic E-state index is 0.0175. The number of pyridine rings is 1. The van der Waals surface area contributed by atoms with E-state index in [-0.39, 0.29) is 17.3 Å². The van der Waals surface area contributed by atoms with Crippen LogP contribution in [-0.4, -0.2) is 33.9 Å². The molecule has 0 spiro atoms. The summed E-state index contributed by atoms with van der Waals surface area (Å²) in [5.41, 5.74) is -0.0878. The molecular formula is C11H11N3O4. The van der Waals surface area contributed by atoms with Gasteiger partial charge in [0.1, 0.15) is 17.4 Å². The number of hydrogen-bond donors (Lipinski definition) is 3. The number of nitrogens with zero attached hydrogens (tertiary/aromatic N) is 1. The summed E-state index contributed by atoms with van der Waals surface area (Å²) in [6.45, 7) is 0. The Bertz CT molecular complexity index is 515. The van der Waals surface area contributed by atoms with Crippen molar-refractivity contribution in [3.8, 4) is 0 Å². The average molecular weight is 249 g/mol. The van der Waals surface area contributed by atoms with E-state index in [4.69, 9.17) is 5.11 Å². The average Bonchev–Trinajstić information content (AvgIpc) is 2.76. The lowest BCUT2D eigenvalue weighted by Gasteiger charge is -2.11. The van der Waals surface area contributed by atoms with Gasteiger partial charge in [0, 0.05) is 12.6 Å². The number of aromatic carboxylic acids is 1. The fourth-order valence-corrected chi connectivity index (χ4v) is 1.69. The van der Waals surface area contributed by atoms with Crippen LogP contribution in [0.15, 0.2) is 18.3 Å². The van der Waals surface area contributed by atoms with Crippen molar-refractivity contribution in [3.05, 3.63) is 23.9 Å². The molecule has 1 atom stereocenters. The number of carboxylic acids is 1. The van der Waals surface area contributed by atoms with Crippen molar-refractivity contribution in [2.75, 3.05) is 5.32 Å². The quantitative estimate of drug-likeness (QED) is 0.698. The molecule has 1 aromatic heterocycles. The zero-order valence-electron chi connectivity index (χ0n) is 9.34. The first-order valence-electron chi connectivity index (χ1n) is 5.36. The molecule has 0 aromatic carbocycles. The van der Waals surface area contributed by atoms with Gasteiger partial charge in [0.2, 0.25) is 11.8 Å². The molecule has 0 aliphatic carbocycles. The van der Waals surface area contributed by atoms with E-state index in [0.29, 0.717) is 12.8 Å². The highest BCUT2D eigenvalue weighted by atomic mass is 16.4. The molecule has 2 amide bonds. The third-order valence-electron chi connectivity index (χ3n) is 2.59. The summed E-state index contributed by atoms with van der Waals surface area (Å²) in [5, 5.41) is 13.8. The van der Waals surface area contributed by atoms with Gasteiger partial charge in [0.25, 0.3) is 0 Å². The minimum Gasteiger partial charge on any atom is -0.478 e. The number of carbonyl (C=O) groups is 3. The molecule has 2 heterocycles. The third-order valence-corrected chi connectivity index (χ3v) is 2.59. The number of rotatable bonds is 3. The first-order valence-corrected chi connectivity index (χ1v) is 5.36. The van der Waals surface area contributed by atoms with Crippen molar-refractivity contribution < 1.29 is 19.5 Å². The largest absolute Gasteiger partial charge is 0.478 e. The van der Waals surface area contributed by atoms with E-state index in [1.165, 1.54) is 18.3 Å². The van der Waals surface area contributed by atoms with E-state index < -0.39 is 17.9 Å². The molecule has 1 saturated heterocycles. The van der Waals surface area contributed by atoms with E-state index in [1.807, 2.05) is 0 Å². The van der Waals surface area contributed by atoms with E-state index in [2.05, 4.69) is 15.6 Å². The van der Waals surface area contributed by atoms with E-state index in [1.54, 1.807) is 0 Å². The summed E-state index contributed by atoms with van der Waals surface area (Å²) in [7, 11) is 0. The third kappa shape index (κ3) is 2.45. The fraction of sp³-hybridized carbons (Fsp3) is 0.273. The van der Waals surface area contributed by atoms with Gasteiger partial charge in [-0.15, -0.1) is 0 Å². The molecule has 94 valence electrons. The van der Waals surface area contributed by atoms with Crippen LogP contribution in [0.2, 0.25) is 0 Å². The van der Waals surface area contributed by atoms with Gasteiger partial charge < -0.3 is 15.7 Å². The highest BCUT2D eigenvalue weighted by Crippen LogP contribution is 2.14. The van der Waals surface area contributed by atoms with Gasteiger partial charge in [-0.1, -0.05) is 0 Å². The van der Waals surface area contributed by atoms with Gasteiger partial charge in [-0.25, -0.2) is 9.78 Å². The minimum atomic E-state index is -1.17. The van der Waals surface area contributed by atoms with E-state index in [0.717, 1.165) is 0 Å². The summed E-state index contributed by atoms with van der Waals surface area (Å²) >= 11 is 0. The van der Waals surface area contributed by atoms with Gasteiger partial charge in [-0.05, 0) is 18.6 Å². The zero-order valence-corrected chi connectivity index (χ0v) is 9.34. The van der Waals surface area contributed by atoms with Crippen molar-refractivity contribution in [2.45, 2.75) is 18.9 Å². The van der Waals surface area contributed by atoms with E-state index in [9.17, 15) is 14.4 Å². The second-order valence-corrected chi connectivity index (χ2v) is 3.85. The number of anilines is 1. The maximum Gasteiger partial charge on any atom is 0.339 e. The maximum atomic E-state index is 11.8. The van der Waals surface area contributed by atoms with Crippen molar-refractivity contribution >= 4 is 23.6 Å². The number of aromatic nitrogens is 1. The Balaban J connectivity index is 2.12. The predicted octanol–water partition coefficient (Wildman–Crippen LogP) is -0.00310. The van der Waals surface area contributed by atoms with Gasteiger partial charge in [-0.3, -0.25) is 9.59 Å². The number of nitrogens with one attached hydrogen (secondary N) is 2. The topological polar surface area (TPSA) is 108 Å². The summed E-state index contributed by atoms with van der Waals surface area (Å²) in [6.07, 6.45) is 2.08. The van der Waals surface area contributed by atoms with E-state index >= 15 is 0 Å². The molecule has 3 N–H and O–H groups in total. The lowest BCUT2D eigenvalue weighted by atomic mass is 10.2. The van der Waals surface area contributed by atoms with Crippen LogP contribution in [-0.2, 0) is 9.59 Å². The lowest BCUT2D eigenvalue weighted by Crippen LogP contribution is -2.37. The van der Waals surface area contributed by atoms with Gasteiger partial charge >= 0.3 is 5.97 Å². The molecule has 7 nitrogen and oxygen atoms in total. The zero-order chi connectivity index (χ0) is 13.1. The molecule has 18 heavy (non-hydrogen) atoms. The summed E-state index contributed by atoms with van der Waals surface area (Å²) in [6, 6.07) is 2.19. The van der Waals surface area contributed by atoms with Crippen molar-refractivity contribution in [1.82, 2.24) is 10.3 Å². The Hall–Kier alpha value is -2.44. The van der Waals surface area contributed by atoms with Gasteiger partial charge in [0.15, 0.2) is 0 Å². The molecule has 0 radical (unpaired) electrons.